The van der Waals surface area contributed by atoms with Crippen LogP contribution in [0.2, 0.25) is 0 Å². The number of anilines is 1. The van der Waals surface area contributed by atoms with Crippen LogP contribution in [0, 0.1) is 23.0 Å². The van der Waals surface area contributed by atoms with E-state index in [4.69, 9.17) is 5.11 Å². The smallest absolute Gasteiger partial charge is 0.308 e. The molecule has 102 valence electrons. The second kappa shape index (κ2) is 5.26. The summed E-state index contributed by atoms with van der Waals surface area (Å²) in [4.78, 5) is 21.7. The van der Waals surface area contributed by atoms with E-state index in [0.717, 1.165) is 18.4 Å². The van der Waals surface area contributed by atoms with Crippen LogP contribution in [0.4, 0.5) is 11.4 Å². The van der Waals surface area contributed by atoms with Gasteiger partial charge in [-0.2, -0.15) is 0 Å². The van der Waals surface area contributed by atoms with Gasteiger partial charge in [0.05, 0.1) is 10.8 Å². The number of para-hydroxylation sites is 1. The van der Waals surface area contributed by atoms with Crippen LogP contribution in [0.5, 0.6) is 0 Å². The summed E-state index contributed by atoms with van der Waals surface area (Å²) in [6, 6.07) is 4.60. The number of nitro benzene ring substituents is 1. The lowest BCUT2D eigenvalue weighted by molar-refractivity contribution is -0.384. The van der Waals surface area contributed by atoms with Crippen molar-refractivity contribution >= 4 is 17.3 Å². The van der Waals surface area contributed by atoms with Gasteiger partial charge in [0.25, 0.3) is 5.69 Å². The zero-order valence-electron chi connectivity index (χ0n) is 10.6. The minimum absolute atomic E-state index is 0.00367. The highest BCUT2D eigenvalue weighted by molar-refractivity contribution is 5.73. The van der Waals surface area contributed by atoms with Crippen LogP contribution in [0.1, 0.15) is 24.8 Å². The molecule has 1 aliphatic rings. The third-order valence-electron chi connectivity index (χ3n) is 3.61. The normalized spacial score (nSPS) is 22.2. The van der Waals surface area contributed by atoms with Crippen LogP contribution in [0.3, 0.4) is 0 Å². The number of hydrogen-bond donors (Lipinski definition) is 2. The Kier molecular flexibility index (Phi) is 3.69. The van der Waals surface area contributed by atoms with Crippen LogP contribution >= 0.6 is 0 Å². The fourth-order valence-electron chi connectivity index (χ4n) is 2.61. The lowest BCUT2D eigenvalue weighted by Gasteiger charge is -2.20. The molecule has 6 heteroatoms. The predicted molar refractivity (Wildman–Crippen MR) is 70.2 cm³/mol. The molecule has 6 nitrogen and oxygen atoms in total. The molecule has 2 N–H and O–H groups in total. The number of hydrogen-bond acceptors (Lipinski definition) is 4. The molecule has 1 saturated carbocycles. The van der Waals surface area contributed by atoms with Gasteiger partial charge in [-0.15, -0.1) is 0 Å². The minimum atomic E-state index is -0.841. The third kappa shape index (κ3) is 2.67. The molecule has 2 rings (SSSR count). The van der Waals surface area contributed by atoms with Gasteiger partial charge in [0.15, 0.2) is 0 Å². The average molecular weight is 264 g/mol. The summed E-state index contributed by atoms with van der Waals surface area (Å²) in [6.45, 7) is 1.78. The number of carboxylic acid groups (broad SMARTS) is 1. The van der Waals surface area contributed by atoms with E-state index < -0.39 is 16.8 Å². The fourth-order valence-corrected chi connectivity index (χ4v) is 2.61. The number of benzene rings is 1. The Labute approximate surface area is 110 Å². The molecule has 0 aliphatic heterocycles. The topological polar surface area (TPSA) is 92.5 Å². The Morgan fingerprint density at radius 1 is 1.47 bits per heavy atom. The van der Waals surface area contributed by atoms with Gasteiger partial charge in [-0.05, 0) is 25.3 Å². The summed E-state index contributed by atoms with van der Waals surface area (Å²) in [5.41, 5.74) is 1.19. The van der Waals surface area contributed by atoms with E-state index in [1.54, 1.807) is 19.1 Å². The Hall–Kier alpha value is -2.11. The zero-order chi connectivity index (χ0) is 14.0. The predicted octanol–water partition coefficient (Wildman–Crippen LogP) is 2.57. The molecule has 2 unspecified atom stereocenters. The Bertz CT molecular complexity index is 515. The second-order valence-corrected chi connectivity index (χ2v) is 4.85. The molecule has 19 heavy (non-hydrogen) atoms. The van der Waals surface area contributed by atoms with Crippen molar-refractivity contribution in [2.24, 2.45) is 5.92 Å². The molecule has 0 radical (unpaired) electrons. The molecule has 0 amide bonds. The quantitative estimate of drug-likeness (QED) is 0.644. The summed E-state index contributed by atoms with van der Waals surface area (Å²) in [5, 5.41) is 23.2. The fraction of sp³-hybridized carbons (Fsp3) is 0.462. The van der Waals surface area contributed by atoms with Crippen molar-refractivity contribution in [2.75, 3.05) is 5.32 Å². The molecule has 2 atom stereocenters. The highest BCUT2D eigenvalue weighted by Gasteiger charge is 2.34. The molecule has 1 aromatic carbocycles. The van der Waals surface area contributed by atoms with Gasteiger partial charge < -0.3 is 10.4 Å². The van der Waals surface area contributed by atoms with Crippen molar-refractivity contribution in [1.82, 2.24) is 0 Å². The molecular weight excluding hydrogens is 248 g/mol. The molecule has 0 saturated heterocycles. The van der Waals surface area contributed by atoms with Crippen LogP contribution in [0.15, 0.2) is 18.2 Å². The van der Waals surface area contributed by atoms with Gasteiger partial charge in [0, 0.05) is 12.1 Å². The van der Waals surface area contributed by atoms with E-state index >= 15 is 0 Å². The van der Waals surface area contributed by atoms with Crippen LogP contribution < -0.4 is 5.32 Å². The number of rotatable bonds is 4. The maximum atomic E-state index is 11.1. The van der Waals surface area contributed by atoms with Gasteiger partial charge in [-0.3, -0.25) is 14.9 Å². The summed E-state index contributed by atoms with van der Waals surface area (Å²) < 4.78 is 0. The first kappa shape index (κ1) is 13.3. The van der Waals surface area contributed by atoms with Crippen molar-refractivity contribution < 1.29 is 14.8 Å². The van der Waals surface area contributed by atoms with E-state index in [0.29, 0.717) is 12.1 Å². The van der Waals surface area contributed by atoms with E-state index in [9.17, 15) is 14.9 Å². The Morgan fingerprint density at radius 2 is 2.21 bits per heavy atom. The Balaban J connectivity index is 2.28. The third-order valence-corrected chi connectivity index (χ3v) is 3.61. The van der Waals surface area contributed by atoms with Crippen molar-refractivity contribution in [3.8, 4) is 0 Å². The Morgan fingerprint density at radius 3 is 2.84 bits per heavy atom. The SMILES string of the molecule is Cc1cccc([N+](=O)[O-])c1NC1CCCC1C(=O)O. The summed E-state index contributed by atoms with van der Waals surface area (Å²) in [7, 11) is 0. The number of carboxylic acids is 1. The van der Waals surface area contributed by atoms with Gasteiger partial charge in [-0.25, -0.2) is 0 Å². The van der Waals surface area contributed by atoms with E-state index in [1.807, 2.05) is 0 Å². The standard InChI is InChI=1S/C13H16N2O4/c1-8-4-2-7-11(15(18)19)12(8)14-10-6-3-5-9(10)13(16)17/h2,4,7,9-10,14H,3,5-6H2,1H3,(H,16,17). The summed E-state index contributed by atoms with van der Waals surface area (Å²) in [5.74, 6) is -1.31. The number of nitro groups is 1. The van der Waals surface area contributed by atoms with Crippen molar-refractivity contribution in [1.29, 1.82) is 0 Å². The molecular formula is C13H16N2O4. The number of nitrogens with one attached hydrogen (secondary N) is 1. The second-order valence-electron chi connectivity index (χ2n) is 4.85. The number of nitrogens with zero attached hydrogens (tertiary/aromatic N) is 1. The largest absolute Gasteiger partial charge is 0.481 e. The first-order valence-corrected chi connectivity index (χ1v) is 6.24. The average Bonchev–Trinajstić information content (AvgIpc) is 2.79. The molecule has 1 aromatic rings. The molecule has 0 bridgehead atoms. The first-order chi connectivity index (χ1) is 9.00. The summed E-state index contributed by atoms with van der Waals surface area (Å²) in [6.07, 6.45) is 2.17. The van der Waals surface area contributed by atoms with Gasteiger partial charge in [-0.1, -0.05) is 18.6 Å². The van der Waals surface area contributed by atoms with Crippen LogP contribution in [-0.4, -0.2) is 22.0 Å². The van der Waals surface area contributed by atoms with E-state index in [-0.39, 0.29) is 11.7 Å². The lowest BCUT2D eigenvalue weighted by atomic mass is 10.0. The zero-order valence-corrected chi connectivity index (χ0v) is 10.6. The molecule has 0 spiro atoms. The van der Waals surface area contributed by atoms with Gasteiger partial charge in [0.2, 0.25) is 0 Å². The lowest BCUT2D eigenvalue weighted by Crippen LogP contribution is -2.30. The van der Waals surface area contributed by atoms with Crippen LogP contribution in [-0.2, 0) is 4.79 Å². The van der Waals surface area contributed by atoms with Crippen molar-refractivity contribution in [2.45, 2.75) is 32.2 Å². The monoisotopic (exact) mass is 264 g/mol. The first-order valence-electron chi connectivity index (χ1n) is 6.24. The highest BCUT2D eigenvalue weighted by atomic mass is 16.6. The highest BCUT2D eigenvalue weighted by Crippen LogP contribution is 2.34. The molecule has 1 fully saturated rings. The number of aryl methyl sites for hydroxylation is 1. The van der Waals surface area contributed by atoms with Crippen molar-refractivity contribution in [3.05, 3.63) is 33.9 Å². The number of aliphatic carboxylic acids is 1. The van der Waals surface area contributed by atoms with Gasteiger partial charge >= 0.3 is 5.97 Å². The maximum Gasteiger partial charge on any atom is 0.308 e. The molecule has 0 heterocycles. The van der Waals surface area contributed by atoms with Gasteiger partial charge in [0.1, 0.15) is 5.69 Å². The van der Waals surface area contributed by atoms with E-state index in [2.05, 4.69) is 5.32 Å². The summed E-state index contributed by atoms with van der Waals surface area (Å²) >= 11 is 0. The van der Waals surface area contributed by atoms with E-state index in [1.165, 1.54) is 6.07 Å². The number of carbonyl (C=O) groups is 1. The van der Waals surface area contributed by atoms with Crippen molar-refractivity contribution in [3.63, 3.8) is 0 Å². The molecule has 1 aliphatic carbocycles. The minimum Gasteiger partial charge on any atom is -0.481 e. The van der Waals surface area contributed by atoms with Crippen LogP contribution in [0.25, 0.3) is 0 Å². The molecule has 0 aromatic heterocycles. The maximum absolute atomic E-state index is 11.1.